The van der Waals surface area contributed by atoms with Crippen LogP contribution in [0.25, 0.3) is 10.9 Å². The second-order valence-corrected chi connectivity index (χ2v) is 5.50. The Bertz CT molecular complexity index is 827. The topological polar surface area (TPSA) is 54.7 Å². The molecule has 0 amide bonds. The Labute approximate surface area is 125 Å². The summed E-state index contributed by atoms with van der Waals surface area (Å²) in [4.78, 5) is 0. The van der Waals surface area contributed by atoms with E-state index in [1.54, 1.807) is 0 Å². The molecule has 0 aliphatic heterocycles. The van der Waals surface area contributed by atoms with Gasteiger partial charge in [0.25, 0.3) is 0 Å². The summed E-state index contributed by atoms with van der Waals surface area (Å²) in [5, 5.41) is 10.1. The Kier molecular flexibility index (Phi) is 3.21. The average molecular weight is 326 g/mol. The first kappa shape index (κ1) is 12.8. The van der Waals surface area contributed by atoms with Crippen LogP contribution in [0.3, 0.4) is 0 Å². The summed E-state index contributed by atoms with van der Waals surface area (Å²) in [6.07, 6.45) is 2.01. The van der Waals surface area contributed by atoms with E-state index >= 15 is 0 Å². The van der Waals surface area contributed by atoms with Gasteiger partial charge in [-0.25, -0.2) is 0 Å². The largest absolute Gasteiger partial charge is 0.399 e. The number of aromatic nitrogens is 1. The zero-order chi connectivity index (χ0) is 14.1. The molecule has 98 valence electrons. The number of benzene rings is 2. The number of hydrogen-bond acceptors (Lipinski definition) is 2. The van der Waals surface area contributed by atoms with Gasteiger partial charge in [0.05, 0.1) is 11.6 Å². The number of rotatable bonds is 2. The van der Waals surface area contributed by atoms with E-state index in [0.29, 0.717) is 5.56 Å². The molecule has 0 bridgehead atoms. The normalized spacial score (nSPS) is 10.6. The molecule has 3 aromatic rings. The Hall–Kier alpha value is -2.25. The zero-order valence-electron chi connectivity index (χ0n) is 10.7. The molecule has 3 nitrogen and oxygen atoms in total. The van der Waals surface area contributed by atoms with Crippen LogP contribution in [0, 0.1) is 11.3 Å². The van der Waals surface area contributed by atoms with Gasteiger partial charge >= 0.3 is 0 Å². The van der Waals surface area contributed by atoms with Crippen molar-refractivity contribution in [1.82, 2.24) is 4.57 Å². The number of halogens is 1. The van der Waals surface area contributed by atoms with Crippen LogP contribution in [0.1, 0.15) is 11.1 Å². The first-order valence-electron chi connectivity index (χ1n) is 6.21. The summed E-state index contributed by atoms with van der Waals surface area (Å²) in [5.74, 6) is 0. The van der Waals surface area contributed by atoms with E-state index in [2.05, 4.69) is 26.6 Å². The van der Waals surface area contributed by atoms with Crippen molar-refractivity contribution in [3.8, 4) is 6.07 Å². The highest BCUT2D eigenvalue weighted by molar-refractivity contribution is 9.10. The maximum absolute atomic E-state index is 9.13. The van der Waals surface area contributed by atoms with Crippen molar-refractivity contribution in [3.05, 3.63) is 64.3 Å². The average Bonchev–Trinajstić information content (AvgIpc) is 2.85. The molecule has 0 radical (unpaired) electrons. The SMILES string of the molecule is N#Cc1cccc2c1ccn2Cc1ccc(N)cc1Br. The first-order chi connectivity index (χ1) is 9.69. The van der Waals surface area contributed by atoms with Crippen LogP contribution in [-0.4, -0.2) is 4.57 Å². The Balaban J connectivity index is 2.06. The predicted octanol–water partition coefficient (Wildman–Crippen LogP) is 3.91. The third-order valence-corrected chi connectivity index (χ3v) is 4.09. The Morgan fingerprint density at radius 3 is 2.80 bits per heavy atom. The Morgan fingerprint density at radius 2 is 2.05 bits per heavy atom. The molecule has 0 spiro atoms. The predicted molar refractivity (Wildman–Crippen MR) is 84.3 cm³/mol. The molecule has 1 heterocycles. The van der Waals surface area contributed by atoms with Gasteiger partial charge in [0.2, 0.25) is 0 Å². The molecule has 0 fully saturated rings. The third kappa shape index (κ3) is 2.17. The fourth-order valence-electron chi connectivity index (χ4n) is 2.33. The van der Waals surface area contributed by atoms with E-state index < -0.39 is 0 Å². The van der Waals surface area contributed by atoms with E-state index in [-0.39, 0.29) is 0 Å². The van der Waals surface area contributed by atoms with Crippen LogP contribution in [0.15, 0.2) is 53.1 Å². The molecule has 0 unspecified atom stereocenters. The van der Waals surface area contributed by atoms with Gasteiger partial charge in [0, 0.05) is 33.8 Å². The van der Waals surface area contributed by atoms with Gasteiger partial charge in [-0.05, 0) is 35.9 Å². The fraction of sp³-hybridized carbons (Fsp3) is 0.0625. The second-order valence-electron chi connectivity index (χ2n) is 4.64. The molecular formula is C16H12BrN3. The minimum atomic E-state index is 0.706. The van der Waals surface area contributed by atoms with Crippen molar-refractivity contribution >= 4 is 32.5 Å². The van der Waals surface area contributed by atoms with Crippen molar-refractivity contribution in [2.75, 3.05) is 5.73 Å². The van der Waals surface area contributed by atoms with Gasteiger partial charge in [-0.1, -0.05) is 28.1 Å². The van der Waals surface area contributed by atoms with Crippen LogP contribution in [0.4, 0.5) is 5.69 Å². The highest BCUT2D eigenvalue weighted by atomic mass is 79.9. The van der Waals surface area contributed by atoms with Crippen LogP contribution in [-0.2, 0) is 6.54 Å². The molecule has 0 saturated carbocycles. The molecule has 0 aliphatic rings. The van der Waals surface area contributed by atoms with Gasteiger partial charge in [0.15, 0.2) is 0 Å². The molecular weight excluding hydrogens is 314 g/mol. The van der Waals surface area contributed by atoms with E-state index in [1.165, 1.54) is 0 Å². The van der Waals surface area contributed by atoms with Crippen molar-refractivity contribution in [2.45, 2.75) is 6.54 Å². The van der Waals surface area contributed by atoms with Crippen LogP contribution >= 0.6 is 15.9 Å². The number of nitrogen functional groups attached to an aromatic ring is 1. The number of nitrogens with two attached hydrogens (primary N) is 1. The lowest BCUT2D eigenvalue weighted by atomic mass is 10.1. The van der Waals surface area contributed by atoms with Crippen molar-refractivity contribution < 1.29 is 0 Å². The summed E-state index contributed by atoms with van der Waals surface area (Å²) < 4.78 is 3.13. The van der Waals surface area contributed by atoms with Crippen molar-refractivity contribution in [2.24, 2.45) is 0 Å². The third-order valence-electron chi connectivity index (χ3n) is 3.35. The highest BCUT2D eigenvalue weighted by Gasteiger charge is 2.07. The van der Waals surface area contributed by atoms with Crippen molar-refractivity contribution in [1.29, 1.82) is 5.26 Å². The summed E-state index contributed by atoms with van der Waals surface area (Å²) in [6.45, 7) is 0.735. The lowest BCUT2D eigenvalue weighted by molar-refractivity contribution is 0.833. The molecule has 4 heteroatoms. The standard InChI is InChI=1S/C16H12BrN3/c17-15-8-13(19)5-4-12(15)10-20-7-6-14-11(9-18)2-1-3-16(14)20/h1-8H,10,19H2. The molecule has 3 rings (SSSR count). The maximum Gasteiger partial charge on any atom is 0.0998 e. The van der Waals surface area contributed by atoms with Crippen molar-refractivity contribution in [3.63, 3.8) is 0 Å². The quantitative estimate of drug-likeness (QED) is 0.726. The molecule has 0 atom stereocenters. The Morgan fingerprint density at radius 1 is 1.20 bits per heavy atom. The minimum Gasteiger partial charge on any atom is -0.399 e. The number of fused-ring (bicyclic) bond motifs is 1. The molecule has 1 aromatic heterocycles. The maximum atomic E-state index is 9.13. The highest BCUT2D eigenvalue weighted by Crippen LogP contribution is 2.24. The van der Waals surface area contributed by atoms with Gasteiger partial charge in [-0.2, -0.15) is 5.26 Å². The number of nitriles is 1. The van der Waals surface area contributed by atoms with Gasteiger partial charge in [0.1, 0.15) is 0 Å². The van der Waals surface area contributed by atoms with Gasteiger partial charge in [-0.15, -0.1) is 0 Å². The van der Waals surface area contributed by atoms with E-state index in [0.717, 1.165) is 33.2 Å². The molecule has 0 aliphatic carbocycles. The van der Waals surface area contributed by atoms with Crippen LogP contribution < -0.4 is 5.73 Å². The summed E-state index contributed by atoms with van der Waals surface area (Å²) in [7, 11) is 0. The molecule has 20 heavy (non-hydrogen) atoms. The van der Waals surface area contributed by atoms with Crippen LogP contribution in [0.2, 0.25) is 0 Å². The lowest BCUT2D eigenvalue weighted by Gasteiger charge is -2.08. The fourth-order valence-corrected chi connectivity index (χ4v) is 2.86. The number of hydrogen-bond donors (Lipinski definition) is 1. The van der Waals surface area contributed by atoms with Gasteiger partial charge in [-0.3, -0.25) is 0 Å². The summed E-state index contributed by atoms with van der Waals surface area (Å²) in [6, 6.07) is 15.8. The second kappa shape index (κ2) is 5.03. The monoisotopic (exact) mass is 325 g/mol. The summed E-state index contributed by atoms with van der Waals surface area (Å²) in [5.41, 5.74) is 9.42. The number of nitrogens with zero attached hydrogens (tertiary/aromatic N) is 2. The summed E-state index contributed by atoms with van der Waals surface area (Å²) >= 11 is 3.54. The number of anilines is 1. The molecule has 2 aromatic carbocycles. The molecule has 2 N–H and O–H groups in total. The zero-order valence-corrected chi connectivity index (χ0v) is 12.3. The van der Waals surface area contributed by atoms with E-state index in [4.69, 9.17) is 11.0 Å². The smallest absolute Gasteiger partial charge is 0.0998 e. The van der Waals surface area contributed by atoms with Crippen LogP contribution in [0.5, 0.6) is 0 Å². The molecule has 0 saturated heterocycles. The van der Waals surface area contributed by atoms with E-state index in [1.807, 2.05) is 48.7 Å². The lowest BCUT2D eigenvalue weighted by Crippen LogP contribution is -1.99. The first-order valence-corrected chi connectivity index (χ1v) is 7.00. The van der Waals surface area contributed by atoms with E-state index in [9.17, 15) is 0 Å². The minimum absolute atomic E-state index is 0.706. The van der Waals surface area contributed by atoms with Gasteiger partial charge < -0.3 is 10.3 Å².